The maximum Gasteiger partial charge on any atom is 0.335 e. The molecule has 2 amide bonds. The molecule has 0 aliphatic carbocycles. The van der Waals surface area contributed by atoms with E-state index in [0.717, 1.165) is 27.8 Å². The summed E-state index contributed by atoms with van der Waals surface area (Å²) in [6, 6.07) is 18.9. The molecule has 0 spiro atoms. The van der Waals surface area contributed by atoms with Gasteiger partial charge in [-0.05, 0) is 78.7 Å². The third-order valence-electron chi connectivity index (χ3n) is 5.51. The molecule has 1 saturated heterocycles. The van der Waals surface area contributed by atoms with Crippen molar-refractivity contribution < 1.29 is 29.0 Å². The van der Waals surface area contributed by atoms with Gasteiger partial charge in [-0.3, -0.25) is 9.59 Å². The summed E-state index contributed by atoms with van der Waals surface area (Å²) in [5.74, 6) is -0.331. The number of amides is 2. The second-order valence-electron chi connectivity index (χ2n) is 8.08. The van der Waals surface area contributed by atoms with Crippen LogP contribution in [0.25, 0.3) is 6.08 Å². The van der Waals surface area contributed by atoms with Crippen molar-refractivity contribution >= 4 is 40.6 Å². The number of carboxylic acid groups (broad SMARTS) is 1. The van der Waals surface area contributed by atoms with E-state index in [1.165, 1.54) is 12.1 Å². The Kier molecular flexibility index (Phi) is 8.10. The van der Waals surface area contributed by atoms with Crippen LogP contribution < -0.4 is 14.4 Å². The number of thioether (sulfide) groups is 1. The Morgan fingerprint density at radius 3 is 2.43 bits per heavy atom. The fourth-order valence-electron chi connectivity index (χ4n) is 3.82. The first-order valence-electron chi connectivity index (χ1n) is 11.6. The number of allylic oxidation sites excluding steroid dienone is 1. The lowest BCUT2D eigenvalue weighted by molar-refractivity contribution is -0.113. The minimum Gasteiger partial charge on any atom is -0.490 e. The number of carboxylic acids is 1. The van der Waals surface area contributed by atoms with Crippen LogP contribution >= 0.6 is 11.8 Å². The molecule has 8 heteroatoms. The highest BCUT2D eigenvalue weighted by molar-refractivity contribution is 8.19. The van der Waals surface area contributed by atoms with E-state index in [-0.39, 0.29) is 23.3 Å². The van der Waals surface area contributed by atoms with Crippen LogP contribution in [0.2, 0.25) is 0 Å². The monoisotopic (exact) mass is 515 g/mol. The molecule has 3 aromatic carbocycles. The topological polar surface area (TPSA) is 93.1 Å². The van der Waals surface area contributed by atoms with Crippen molar-refractivity contribution in [2.45, 2.75) is 20.0 Å². The van der Waals surface area contributed by atoms with Crippen LogP contribution in [0.4, 0.5) is 10.5 Å². The first kappa shape index (κ1) is 25.8. The maximum atomic E-state index is 13.0. The standard InChI is InChI=1S/C29H25NO6S/c1-3-8-22-15-20(17-25-27(31)30(29(34)37-25)23-9-6-5-7-10-23)16-24(35-4-2)26(22)36-18-19-11-13-21(14-12-19)28(32)33/h3,5-7,9-17H,1,4,8,18H2,2H3,(H,32,33)/b25-17-. The predicted octanol–water partition coefficient (Wildman–Crippen LogP) is 6.33. The van der Waals surface area contributed by atoms with Crippen LogP contribution in [0, 0.1) is 0 Å². The number of anilines is 1. The number of hydrogen-bond acceptors (Lipinski definition) is 6. The van der Waals surface area contributed by atoms with E-state index in [9.17, 15) is 14.4 Å². The Hall–Kier alpha value is -4.30. The van der Waals surface area contributed by atoms with Crippen LogP contribution in [-0.4, -0.2) is 28.8 Å². The van der Waals surface area contributed by atoms with Crippen LogP contribution in [0.5, 0.6) is 11.5 Å². The van der Waals surface area contributed by atoms with Gasteiger partial charge in [0.15, 0.2) is 11.5 Å². The molecule has 1 aliphatic rings. The largest absolute Gasteiger partial charge is 0.490 e. The van der Waals surface area contributed by atoms with Crippen molar-refractivity contribution in [3.63, 3.8) is 0 Å². The highest BCUT2D eigenvalue weighted by Gasteiger charge is 2.36. The number of ether oxygens (including phenoxy) is 2. The number of para-hydroxylation sites is 1. The van der Waals surface area contributed by atoms with Gasteiger partial charge in [0, 0.05) is 5.56 Å². The molecule has 0 saturated carbocycles. The highest BCUT2D eigenvalue weighted by Crippen LogP contribution is 2.39. The third kappa shape index (κ3) is 5.92. The van der Waals surface area contributed by atoms with Crippen LogP contribution in [0.15, 0.2) is 84.3 Å². The fraction of sp³-hybridized carbons (Fsp3) is 0.138. The first-order chi connectivity index (χ1) is 17.9. The average molecular weight is 516 g/mol. The number of nitrogens with zero attached hydrogens (tertiary/aromatic N) is 1. The third-order valence-corrected chi connectivity index (χ3v) is 6.38. The van der Waals surface area contributed by atoms with E-state index < -0.39 is 5.97 Å². The van der Waals surface area contributed by atoms with Gasteiger partial charge < -0.3 is 14.6 Å². The predicted molar refractivity (Wildman–Crippen MR) is 144 cm³/mol. The molecule has 37 heavy (non-hydrogen) atoms. The van der Waals surface area contributed by atoms with Gasteiger partial charge in [-0.2, -0.15) is 0 Å². The van der Waals surface area contributed by atoms with Gasteiger partial charge >= 0.3 is 5.97 Å². The van der Waals surface area contributed by atoms with Crippen molar-refractivity contribution in [3.05, 3.63) is 107 Å². The van der Waals surface area contributed by atoms with Gasteiger partial charge in [-0.15, -0.1) is 6.58 Å². The van der Waals surface area contributed by atoms with Crippen LogP contribution in [0.1, 0.15) is 34.0 Å². The highest BCUT2D eigenvalue weighted by atomic mass is 32.2. The molecular weight excluding hydrogens is 490 g/mol. The molecule has 0 bridgehead atoms. The lowest BCUT2D eigenvalue weighted by atomic mass is 10.0. The minimum absolute atomic E-state index is 0.201. The quantitative estimate of drug-likeness (QED) is 0.249. The number of hydrogen-bond donors (Lipinski definition) is 1. The number of carbonyl (C=O) groups excluding carboxylic acids is 2. The summed E-state index contributed by atoms with van der Waals surface area (Å²) < 4.78 is 12.0. The second kappa shape index (κ2) is 11.6. The van der Waals surface area contributed by atoms with E-state index in [0.29, 0.717) is 40.7 Å². The number of carbonyl (C=O) groups is 3. The fourth-order valence-corrected chi connectivity index (χ4v) is 4.66. The van der Waals surface area contributed by atoms with E-state index in [1.54, 1.807) is 54.6 Å². The Morgan fingerprint density at radius 2 is 1.78 bits per heavy atom. The van der Waals surface area contributed by atoms with Gasteiger partial charge in [0.25, 0.3) is 11.1 Å². The Morgan fingerprint density at radius 1 is 1.05 bits per heavy atom. The van der Waals surface area contributed by atoms with Crippen molar-refractivity contribution in [2.24, 2.45) is 0 Å². The van der Waals surface area contributed by atoms with Crippen molar-refractivity contribution in [2.75, 3.05) is 11.5 Å². The lowest BCUT2D eigenvalue weighted by Crippen LogP contribution is -2.27. The molecule has 0 radical (unpaired) electrons. The van der Waals surface area contributed by atoms with Gasteiger partial charge in [0.1, 0.15) is 6.61 Å². The molecule has 0 atom stereocenters. The van der Waals surface area contributed by atoms with Crippen LogP contribution in [-0.2, 0) is 17.8 Å². The summed E-state index contributed by atoms with van der Waals surface area (Å²) >= 11 is 0.889. The zero-order chi connectivity index (χ0) is 26.4. The summed E-state index contributed by atoms with van der Waals surface area (Å²) in [5, 5.41) is 8.75. The maximum absolute atomic E-state index is 13.0. The van der Waals surface area contributed by atoms with Crippen molar-refractivity contribution in [3.8, 4) is 11.5 Å². The second-order valence-corrected chi connectivity index (χ2v) is 9.07. The molecule has 4 rings (SSSR count). The molecule has 7 nitrogen and oxygen atoms in total. The summed E-state index contributed by atoms with van der Waals surface area (Å²) in [7, 11) is 0. The van der Waals surface area contributed by atoms with Crippen molar-refractivity contribution in [1.29, 1.82) is 0 Å². The molecule has 0 unspecified atom stereocenters. The molecule has 1 N–H and O–H groups in total. The molecule has 1 heterocycles. The molecule has 1 aliphatic heterocycles. The first-order valence-corrected chi connectivity index (χ1v) is 12.4. The Labute approximate surface area is 219 Å². The van der Waals surface area contributed by atoms with Gasteiger partial charge in [-0.25, -0.2) is 9.69 Å². The van der Waals surface area contributed by atoms with E-state index in [4.69, 9.17) is 14.6 Å². The van der Waals surface area contributed by atoms with Gasteiger partial charge in [-0.1, -0.05) is 36.4 Å². The number of imide groups is 1. The summed E-state index contributed by atoms with van der Waals surface area (Å²) in [6.45, 7) is 6.30. The normalized spacial score (nSPS) is 14.2. The summed E-state index contributed by atoms with van der Waals surface area (Å²) in [5.41, 5.74) is 3.02. The average Bonchev–Trinajstić information content (AvgIpc) is 3.17. The Balaban J connectivity index is 1.63. The number of aromatic carboxylic acids is 1. The van der Waals surface area contributed by atoms with Gasteiger partial charge in [0.05, 0.1) is 22.8 Å². The summed E-state index contributed by atoms with van der Waals surface area (Å²) in [4.78, 5) is 38.2. The van der Waals surface area contributed by atoms with E-state index in [2.05, 4.69) is 6.58 Å². The van der Waals surface area contributed by atoms with Crippen LogP contribution in [0.3, 0.4) is 0 Å². The van der Waals surface area contributed by atoms with Crippen molar-refractivity contribution in [1.82, 2.24) is 0 Å². The zero-order valence-electron chi connectivity index (χ0n) is 20.2. The number of rotatable bonds is 10. The van der Waals surface area contributed by atoms with Gasteiger partial charge in [0.2, 0.25) is 0 Å². The minimum atomic E-state index is -0.989. The Bertz CT molecular complexity index is 1370. The smallest absolute Gasteiger partial charge is 0.335 e. The number of benzene rings is 3. The molecular formula is C29H25NO6S. The summed E-state index contributed by atoms with van der Waals surface area (Å²) in [6.07, 6.45) is 3.91. The SMILES string of the molecule is C=CCc1cc(/C=C2\SC(=O)N(c3ccccc3)C2=O)cc(OCC)c1OCc1ccc(C(=O)O)cc1. The zero-order valence-corrected chi connectivity index (χ0v) is 21.0. The lowest BCUT2D eigenvalue weighted by Gasteiger charge is -2.17. The van der Waals surface area contributed by atoms with E-state index in [1.807, 2.05) is 19.1 Å². The molecule has 0 aromatic heterocycles. The van der Waals surface area contributed by atoms with E-state index >= 15 is 0 Å². The molecule has 188 valence electrons. The molecule has 1 fully saturated rings. The molecule has 3 aromatic rings.